The summed E-state index contributed by atoms with van der Waals surface area (Å²) in [5, 5.41) is 0. The third-order valence-corrected chi connectivity index (χ3v) is 4.48. The van der Waals surface area contributed by atoms with Gasteiger partial charge in [-0.3, -0.25) is 0 Å². The van der Waals surface area contributed by atoms with Crippen molar-refractivity contribution >= 4 is 39.2 Å². The summed E-state index contributed by atoms with van der Waals surface area (Å²) in [6.07, 6.45) is 8.38. The Kier molecular flexibility index (Phi) is 3.71. The maximum atomic E-state index is 5.83. The Hall–Kier alpha value is 0.567. The van der Waals surface area contributed by atoms with E-state index in [1.165, 1.54) is 0 Å². The minimum Gasteiger partial charge on any atom is -0.126 e. The van der Waals surface area contributed by atoms with Crippen LogP contribution in [0.15, 0.2) is 24.3 Å². The molecule has 0 aromatic carbocycles. The summed E-state index contributed by atoms with van der Waals surface area (Å²) in [5.41, 5.74) is 0. The fraction of sp³-hybridized carbons (Fsp3) is 0.500. The first-order valence-corrected chi connectivity index (χ1v) is 9.15. The summed E-state index contributed by atoms with van der Waals surface area (Å²) in [7, 11) is 0. The van der Waals surface area contributed by atoms with E-state index >= 15 is 0 Å². The highest BCUT2D eigenvalue weighted by molar-refractivity contribution is 7.64. The zero-order valence-electron chi connectivity index (χ0n) is 6.81. The number of rotatable bonds is 3. The molecule has 0 saturated carbocycles. The molecule has 0 aromatic heterocycles. The van der Waals surface area contributed by atoms with Crippen LogP contribution in [0.4, 0.5) is 0 Å². The van der Waals surface area contributed by atoms with E-state index in [1.54, 1.807) is 0 Å². The lowest BCUT2D eigenvalue weighted by Crippen LogP contribution is -2.17. The van der Waals surface area contributed by atoms with Gasteiger partial charge in [-0.2, -0.15) is 0 Å². The van der Waals surface area contributed by atoms with E-state index in [9.17, 15) is 0 Å². The topological polar surface area (TPSA) is 0 Å². The first-order valence-electron chi connectivity index (χ1n) is 3.91. The summed E-state index contributed by atoms with van der Waals surface area (Å²) < 4.78 is 0. The van der Waals surface area contributed by atoms with Crippen LogP contribution in [-0.4, -0.2) is 6.00 Å². The van der Waals surface area contributed by atoms with Crippen LogP contribution >= 0.6 is 33.2 Å². The highest BCUT2D eigenvalue weighted by atomic mass is 35.8. The van der Waals surface area contributed by atoms with Crippen molar-refractivity contribution in [3.05, 3.63) is 24.3 Å². The normalized spacial score (nSPS) is 20.3. The molecule has 12 heavy (non-hydrogen) atoms. The van der Waals surface area contributed by atoms with Crippen LogP contribution in [0.3, 0.4) is 0 Å². The predicted molar refractivity (Wildman–Crippen MR) is 59.1 cm³/mol. The summed E-state index contributed by atoms with van der Waals surface area (Å²) in [6, 6.07) is -1.71. The third-order valence-electron chi connectivity index (χ3n) is 1.99. The largest absolute Gasteiger partial charge is 0.341 e. The van der Waals surface area contributed by atoms with Crippen LogP contribution in [0.5, 0.6) is 0 Å². The third kappa shape index (κ3) is 3.52. The Balaban J connectivity index is 2.43. The predicted octanol–water partition coefficient (Wildman–Crippen LogP) is 4.02. The Labute approximate surface area is 88.3 Å². The Morgan fingerprint density at radius 1 is 1.25 bits per heavy atom. The van der Waals surface area contributed by atoms with Crippen LogP contribution in [0.1, 0.15) is 6.92 Å². The first kappa shape index (κ1) is 10.6. The van der Waals surface area contributed by atoms with Gasteiger partial charge in [-0.15, -0.1) is 33.2 Å². The van der Waals surface area contributed by atoms with Crippen LogP contribution in [-0.2, 0) is 0 Å². The molecule has 4 heteroatoms. The fourth-order valence-corrected chi connectivity index (χ4v) is 4.52. The zero-order chi connectivity index (χ0) is 9.19. The number of halogens is 3. The van der Waals surface area contributed by atoms with E-state index in [4.69, 9.17) is 33.2 Å². The molecular formula is C8H11Cl3Si. The molecule has 1 unspecified atom stereocenters. The molecule has 1 rings (SSSR count). The zero-order valence-corrected chi connectivity index (χ0v) is 10.1. The average Bonchev–Trinajstić information content (AvgIpc) is 2.32. The van der Waals surface area contributed by atoms with Gasteiger partial charge in [0, 0.05) is 0 Å². The van der Waals surface area contributed by atoms with E-state index in [-0.39, 0.29) is 0 Å². The molecule has 0 aliphatic heterocycles. The molecule has 0 amide bonds. The highest BCUT2D eigenvalue weighted by Gasteiger charge is 2.30. The van der Waals surface area contributed by atoms with Gasteiger partial charge in [0.05, 0.1) is 0 Å². The van der Waals surface area contributed by atoms with E-state index in [0.717, 1.165) is 6.04 Å². The Morgan fingerprint density at radius 3 is 2.17 bits per heavy atom. The molecule has 0 aromatic rings. The van der Waals surface area contributed by atoms with E-state index in [2.05, 4.69) is 19.1 Å². The smallest absolute Gasteiger partial charge is 0.126 e. The first-order chi connectivity index (χ1) is 5.49. The van der Waals surface area contributed by atoms with Gasteiger partial charge in [-0.1, -0.05) is 31.2 Å². The molecular weight excluding hydrogens is 231 g/mol. The number of allylic oxidation sites excluding steroid dienone is 4. The lowest BCUT2D eigenvalue weighted by atomic mass is 9.98. The minimum absolute atomic E-state index is 0.444. The SMILES string of the molecule is CC(C[Si](Cl)(Cl)Cl)C1C=CC=C1. The summed E-state index contributed by atoms with van der Waals surface area (Å²) in [6.45, 7) is 2.12. The molecule has 68 valence electrons. The Morgan fingerprint density at radius 2 is 1.75 bits per heavy atom. The van der Waals surface area contributed by atoms with Crippen molar-refractivity contribution in [1.29, 1.82) is 0 Å². The van der Waals surface area contributed by atoms with Gasteiger partial charge >= 0.3 is 6.00 Å². The van der Waals surface area contributed by atoms with E-state index < -0.39 is 6.00 Å². The van der Waals surface area contributed by atoms with Crippen LogP contribution in [0, 0.1) is 11.8 Å². The van der Waals surface area contributed by atoms with Crippen molar-refractivity contribution < 1.29 is 0 Å². The van der Waals surface area contributed by atoms with Gasteiger partial charge in [0.2, 0.25) is 0 Å². The van der Waals surface area contributed by atoms with Crippen LogP contribution in [0.25, 0.3) is 0 Å². The minimum atomic E-state index is -2.44. The molecule has 0 N–H and O–H groups in total. The van der Waals surface area contributed by atoms with Crippen molar-refractivity contribution in [3.8, 4) is 0 Å². The lowest BCUT2D eigenvalue weighted by Gasteiger charge is -2.18. The van der Waals surface area contributed by atoms with Gasteiger partial charge in [-0.25, -0.2) is 0 Å². The molecule has 1 aliphatic carbocycles. The maximum absolute atomic E-state index is 5.83. The van der Waals surface area contributed by atoms with Gasteiger partial charge in [0.25, 0.3) is 0 Å². The monoisotopic (exact) mass is 240 g/mol. The van der Waals surface area contributed by atoms with Crippen molar-refractivity contribution in [2.45, 2.75) is 13.0 Å². The summed E-state index contributed by atoms with van der Waals surface area (Å²) in [4.78, 5) is 0. The second kappa shape index (κ2) is 4.19. The lowest BCUT2D eigenvalue weighted by molar-refractivity contribution is 0.552. The second-order valence-electron chi connectivity index (χ2n) is 3.14. The Bertz CT molecular complexity index is 193. The number of hydrogen-bond donors (Lipinski definition) is 0. The molecule has 0 heterocycles. The van der Waals surface area contributed by atoms with Crippen LogP contribution in [0.2, 0.25) is 6.04 Å². The molecule has 0 saturated heterocycles. The van der Waals surface area contributed by atoms with Gasteiger partial charge in [0.15, 0.2) is 0 Å². The van der Waals surface area contributed by atoms with Gasteiger partial charge in [0.1, 0.15) is 0 Å². The summed E-state index contributed by atoms with van der Waals surface area (Å²) in [5.74, 6) is 0.910. The molecule has 0 spiro atoms. The molecule has 1 aliphatic rings. The summed E-state index contributed by atoms with van der Waals surface area (Å²) >= 11 is 17.5. The van der Waals surface area contributed by atoms with Crippen molar-refractivity contribution in [1.82, 2.24) is 0 Å². The van der Waals surface area contributed by atoms with Crippen molar-refractivity contribution in [2.24, 2.45) is 11.8 Å². The molecule has 1 atom stereocenters. The van der Waals surface area contributed by atoms with Crippen molar-refractivity contribution in [3.63, 3.8) is 0 Å². The van der Waals surface area contributed by atoms with Gasteiger partial charge in [-0.05, 0) is 17.9 Å². The second-order valence-corrected chi connectivity index (χ2v) is 12.3. The molecule has 0 bridgehead atoms. The average molecular weight is 242 g/mol. The van der Waals surface area contributed by atoms with Gasteiger partial charge < -0.3 is 0 Å². The van der Waals surface area contributed by atoms with E-state index in [0.29, 0.717) is 11.8 Å². The molecule has 0 nitrogen and oxygen atoms in total. The highest BCUT2D eigenvalue weighted by Crippen LogP contribution is 2.34. The number of hydrogen-bond acceptors (Lipinski definition) is 0. The van der Waals surface area contributed by atoms with Crippen LogP contribution < -0.4 is 0 Å². The molecule has 0 fully saturated rings. The van der Waals surface area contributed by atoms with Crippen molar-refractivity contribution in [2.75, 3.05) is 0 Å². The van der Waals surface area contributed by atoms with E-state index in [1.807, 2.05) is 12.2 Å². The standard InChI is InChI=1S/C8H11Cl3Si/c1-7(6-12(9,10)11)8-4-2-3-5-8/h2-5,7-8H,6H2,1H3. The maximum Gasteiger partial charge on any atom is 0.341 e. The fourth-order valence-electron chi connectivity index (χ4n) is 1.33. The molecule has 0 radical (unpaired) electrons. The quantitative estimate of drug-likeness (QED) is 0.517.